The zero-order valence-electron chi connectivity index (χ0n) is 6.54. The molecule has 4 nitrogen and oxygen atoms in total. The van der Waals surface area contributed by atoms with Crippen LogP contribution in [-0.2, 0) is 4.74 Å². The number of hydrogen-bond donors (Lipinski definition) is 1. The summed E-state index contributed by atoms with van der Waals surface area (Å²) < 4.78 is 39.1. The maximum Gasteiger partial charge on any atom is 0.411 e. The van der Waals surface area contributed by atoms with E-state index in [4.69, 9.17) is 5.11 Å². The molecule has 1 fully saturated rings. The van der Waals surface area contributed by atoms with Crippen molar-refractivity contribution in [3.05, 3.63) is 0 Å². The highest BCUT2D eigenvalue weighted by atomic mass is 19.4. The van der Waals surface area contributed by atoms with Gasteiger partial charge in [-0.25, -0.2) is 4.79 Å². The van der Waals surface area contributed by atoms with Crippen LogP contribution in [0.4, 0.5) is 18.0 Å². The van der Waals surface area contributed by atoms with E-state index in [9.17, 15) is 18.0 Å². The molecular weight excluding hydrogens is 191 g/mol. The van der Waals surface area contributed by atoms with Gasteiger partial charge < -0.3 is 14.7 Å². The summed E-state index contributed by atoms with van der Waals surface area (Å²) in [5.41, 5.74) is 0. The number of alkyl halides is 3. The van der Waals surface area contributed by atoms with Gasteiger partial charge in [-0.15, -0.1) is 0 Å². The first-order valence-corrected chi connectivity index (χ1v) is 3.55. The fourth-order valence-corrected chi connectivity index (χ4v) is 0.912. The van der Waals surface area contributed by atoms with Crippen LogP contribution in [0.5, 0.6) is 0 Å². The number of likely N-dealkylation sites (tertiary alicyclic amines) is 1. The third-order valence-electron chi connectivity index (χ3n) is 1.60. The van der Waals surface area contributed by atoms with Gasteiger partial charge in [0.1, 0.15) is 6.61 Å². The molecule has 1 rings (SSSR count). The number of ether oxygens (including phenoxy) is 1. The van der Waals surface area contributed by atoms with Gasteiger partial charge in [0.25, 0.3) is 0 Å². The van der Waals surface area contributed by atoms with Gasteiger partial charge in [-0.3, -0.25) is 0 Å². The van der Waals surface area contributed by atoms with E-state index in [1.54, 1.807) is 0 Å². The van der Waals surface area contributed by atoms with E-state index in [1.165, 1.54) is 0 Å². The van der Waals surface area contributed by atoms with Gasteiger partial charge >= 0.3 is 12.3 Å². The van der Waals surface area contributed by atoms with Gasteiger partial charge in [-0.1, -0.05) is 0 Å². The van der Waals surface area contributed by atoms with Crippen LogP contribution in [0.25, 0.3) is 0 Å². The molecule has 1 N–H and O–H groups in total. The molecule has 0 aromatic heterocycles. The number of halogens is 3. The van der Waals surface area contributed by atoms with Gasteiger partial charge in [0.2, 0.25) is 0 Å². The summed E-state index contributed by atoms with van der Waals surface area (Å²) in [6, 6.07) is 0. The molecule has 0 spiro atoms. The molecule has 0 radical (unpaired) electrons. The predicted molar refractivity (Wildman–Crippen MR) is 35.4 cm³/mol. The zero-order chi connectivity index (χ0) is 10.1. The highest BCUT2D eigenvalue weighted by molar-refractivity contribution is 5.66. The molecule has 0 aromatic carbocycles. The molecule has 0 atom stereocenters. The lowest BCUT2D eigenvalue weighted by Crippen LogP contribution is -2.54. The molecular formula is C6H8F3NO3. The van der Waals surface area contributed by atoms with Gasteiger partial charge in [0, 0.05) is 0 Å². The van der Waals surface area contributed by atoms with Crippen molar-refractivity contribution in [2.24, 2.45) is 0 Å². The second-order valence-corrected chi connectivity index (χ2v) is 2.74. The van der Waals surface area contributed by atoms with E-state index in [2.05, 4.69) is 4.74 Å². The van der Waals surface area contributed by atoms with E-state index < -0.39 is 25.0 Å². The predicted octanol–water partition coefficient (Wildman–Crippen LogP) is 0.928. The summed E-state index contributed by atoms with van der Waals surface area (Å²) in [6.45, 7) is -1.28. The molecule has 0 saturated carbocycles. The molecule has 1 heterocycles. The molecule has 7 heteroatoms. The molecule has 1 aliphatic rings. The van der Waals surface area contributed by atoms with Crippen LogP contribution in [0, 0.1) is 0 Å². The molecule has 0 aliphatic carbocycles. The van der Waals surface area contributed by atoms with Crippen molar-refractivity contribution in [2.45, 2.75) is 12.3 Å². The minimum atomic E-state index is -4.34. The molecule has 76 valence electrons. The maximum atomic E-state index is 11.6. The van der Waals surface area contributed by atoms with Crippen LogP contribution in [0.15, 0.2) is 0 Å². The Hall–Kier alpha value is -0.980. The van der Waals surface area contributed by atoms with Gasteiger partial charge in [0.15, 0.2) is 0 Å². The lowest BCUT2D eigenvalue weighted by Gasteiger charge is -2.36. The minimum absolute atomic E-state index is 0.0193. The van der Waals surface area contributed by atoms with Crippen LogP contribution >= 0.6 is 0 Å². The Morgan fingerprint density at radius 2 is 2.08 bits per heavy atom. The SMILES string of the molecule is O=C(O)N1CC(OCC(F)(F)F)C1. The summed E-state index contributed by atoms with van der Waals surface area (Å²) in [4.78, 5) is 11.2. The van der Waals surface area contributed by atoms with Crippen molar-refractivity contribution in [2.75, 3.05) is 19.7 Å². The first kappa shape index (κ1) is 10.1. The van der Waals surface area contributed by atoms with Crippen LogP contribution in [0.1, 0.15) is 0 Å². The van der Waals surface area contributed by atoms with E-state index in [-0.39, 0.29) is 13.1 Å². The Morgan fingerprint density at radius 1 is 1.54 bits per heavy atom. The molecule has 1 amide bonds. The zero-order valence-corrected chi connectivity index (χ0v) is 6.54. The lowest BCUT2D eigenvalue weighted by atomic mass is 10.2. The van der Waals surface area contributed by atoms with Crippen molar-refractivity contribution in [3.63, 3.8) is 0 Å². The second kappa shape index (κ2) is 3.41. The average molecular weight is 199 g/mol. The molecule has 0 aromatic rings. The number of amides is 1. The van der Waals surface area contributed by atoms with Crippen molar-refractivity contribution >= 4 is 6.09 Å². The summed E-state index contributed by atoms with van der Waals surface area (Å²) in [5, 5.41) is 8.33. The first-order chi connectivity index (χ1) is 5.88. The minimum Gasteiger partial charge on any atom is -0.465 e. The number of hydrogen-bond acceptors (Lipinski definition) is 2. The summed E-state index contributed by atoms with van der Waals surface area (Å²) >= 11 is 0. The summed E-state index contributed by atoms with van der Waals surface area (Å²) in [6.07, 6.45) is -6.09. The topological polar surface area (TPSA) is 49.8 Å². The first-order valence-electron chi connectivity index (χ1n) is 3.55. The van der Waals surface area contributed by atoms with Gasteiger partial charge in [-0.2, -0.15) is 13.2 Å². The second-order valence-electron chi connectivity index (χ2n) is 2.74. The molecule has 1 saturated heterocycles. The third-order valence-corrected chi connectivity index (χ3v) is 1.60. The Bertz CT molecular complexity index is 200. The monoisotopic (exact) mass is 199 g/mol. The number of carbonyl (C=O) groups is 1. The highest BCUT2D eigenvalue weighted by Gasteiger charge is 2.35. The van der Waals surface area contributed by atoms with Crippen molar-refractivity contribution < 1.29 is 27.8 Å². The number of carboxylic acid groups (broad SMARTS) is 1. The van der Waals surface area contributed by atoms with Gasteiger partial charge in [-0.05, 0) is 0 Å². The van der Waals surface area contributed by atoms with Crippen molar-refractivity contribution in [1.82, 2.24) is 4.90 Å². The van der Waals surface area contributed by atoms with E-state index in [0.29, 0.717) is 0 Å². The standard InChI is InChI=1S/C6H8F3NO3/c7-6(8,9)3-13-4-1-10(2-4)5(11)12/h4H,1-3H2,(H,11,12). The Balaban J connectivity index is 2.12. The Labute approximate surface area is 71.9 Å². The molecule has 0 bridgehead atoms. The summed E-state index contributed by atoms with van der Waals surface area (Å²) in [5.74, 6) is 0. The summed E-state index contributed by atoms with van der Waals surface area (Å²) in [7, 11) is 0. The normalized spacial score (nSPS) is 18.5. The van der Waals surface area contributed by atoms with Gasteiger partial charge in [0.05, 0.1) is 19.2 Å². The fourth-order valence-electron chi connectivity index (χ4n) is 0.912. The van der Waals surface area contributed by atoms with E-state index in [1.807, 2.05) is 0 Å². The van der Waals surface area contributed by atoms with Crippen LogP contribution in [-0.4, -0.2) is 48.1 Å². The van der Waals surface area contributed by atoms with Crippen LogP contribution in [0.3, 0.4) is 0 Å². The van der Waals surface area contributed by atoms with E-state index in [0.717, 1.165) is 4.90 Å². The van der Waals surface area contributed by atoms with Crippen molar-refractivity contribution in [1.29, 1.82) is 0 Å². The van der Waals surface area contributed by atoms with Crippen LogP contribution < -0.4 is 0 Å². The van der Waals surface area contributed by atoms with Crippen LogP contribution in [0.2, 0.25) is 0 Å². The largest absolute Gasteiger partial charge is 0.465 e. The smallest absolute Gasteiger partial charge is 0.411 e. The maximum absolute atomic E-state index is 11.6. The number of rotatable bonds is 2. The average Bonchev–Trinajstić information content (AvgIpc) is 1.79. The quantitative estimate of drug-likeness (QED) is 0.719. The molecule has 0 unspecified atom stereocenters. The van der Waals surface area contributed by atoms with E-state index >= 15 is 0 Å². The highest BCUT2D eigenvalue weighted by Crippen LogP contribution is 2.18. The molecule has 1 aliphatic heterocycles. The fraction of sp³-hybridized carbons (Fsp3) is 0.833. The third kappa shape index (κ3) is 3.10. The lowest BCUT2D eigenvalue weighted by molar-refractivity contribution is -0.196. The van der Waals surface area contributed by atoms with Crippen molar-refractivity contribution in [3.8, 4) is 0 Å². The number of nitrogens with zero attached hydrogens (tertiary/aromatic N) is 1. The molecule has 13 heavy (non-hydrogen) atoms. The Morgan fingerprint density at radius 3 is 2.46 bits per heavy atom. The Kier molecular flexibility index (Phi) is 2.65.